The first-order chi connectivity index (χ1) is 9.95. The second-order valence-electron chi connectivity index (χ2n) is 8.44. The molecule has 0 N–H and O–H groups in total. The number of fused-ring (bicyclic) bond motifs is 5. The molecule has 0 aromatic rings. The van der Waals surface area contributed by atoms with Crippen LogP contribution in [0, 0.1) is 34.5 Å². The highest BCUT2D eigenvalue weighted by Crippen LogP contribution is 2.64. The van der Waals surface area contributed by atoms with E-state index in [0.717, 1.165) is 25.7 Å². The molecule has 0 saturated heterocycles. The molecule has 2 heteroatoms. The van der Waals surface area contributed by atoms with E-state index in [1.165, 1.54) is 19.3 Å². The lowest BCUT2D eigenvalue weighted by atomic mass is 9.46. The van der Waals surface area contributed by atoms with Gasteiger partial charge in [-0.15, -0.1) is 0 Å². The van der Waals surface area contributed by atoms with Crippen LogP contribution >= 0.6 is 0 Å². The van der Waals surface area contributed by atoms with E-state index in [0.29, 0.717) is 35.2 Å². The Morgan fingerprint density at radius 1 is 1.05 bits per heavy atom. The molecule has 0 heterocycles. The van der Waals surface area contributed by atoms with Gasteiger partial charge in [0.2, 0.25) is 0 Å². The molecule has 114 valence electrons. The maximum atomic E-state index is 12.4. The first-order valence-electron chi connectivity index (χ1n) is 8.70. The molecule has 3 saturated carbocycles. The molecule has 3 fully saturated rings. The Morgan fingerprint density at radius 2 is 1.86 bits per heavy atom. The summed E-state index contributed by atoms with van der Waals surface area (Å²) in [6.45, 7) is 4.62. The number of hydrogen-bond acceptors (Lipinski definition) is 2. The number of hydrogen-bond donors (Lipinski definition) is 0. The van der Waals surface area contributed by atoms with Gasteiger partial charge < -0.3 is 0 Å². The van der Waals surface area contributed by atoms with Gasteiger partial charge >= 0.3 is 0 Å². The first-order valence-corrected chi connectivity index (χ1v) is 8.70. The molecule has 4 rings (SSSR count). The maximum absolute atomic E-state index is 12.4. The Labute approximate surface area is 127 Å². The van der Waals surface area contributed by atoms with Crippen molar-refractivity contribution in [2.45, 2.75) is 58.8 Å². The fourth-order valence-electron chi connectivity index (χ4n) is 6.41. The van der Waals surface area contributed by atoms with E-state index in [1.807, 2.05) is 6.08 Å². The summed E-state index contributed by atoms with van der Waals surface area (Å²) in [5, 5.41) is 0. The summed E-state index contributed by atoms with van der Waals surface area (Å²) >= 11 is 0. The predicted octanol–water partition coefficient (Wildman–Crippen LogP) is 3.94. The minimum absolute atomic E-state index is 0.0292. The summed E-state index contributed by atoms with van der Waals surface area (Å²) in [6, 6.07) is 0. The first kappa shape index (κ1) is 13.7. The standard InChI is InChI=1S/C19H26O2/c1-18-9-7-13(20)11-12(18)3-4-14-15-5-6-17(21)19(15,2)10-8-16(14)18/h7,9,12,14-16H,3-6,8,10-11H2,1-2H3/t12-,14?,15?,16?,18?,19?/m0/s1. The summed E-state index contributed by atoms with van der Waals surface area (Å²) in [6.07, 6.45) is 11.4. The fraction of sp³-hybridized carbons (Fsp3) is 0.789. The molecule has 5 unspecified atom stereocenters. The topological polar surface area (TPSA) is 34.1 Å². The van der Waals surface area contributed by atoms with Crippen LogP contribution in [0.15, 0.2) is 12.2 Å². The van der Waals surface area contributed by atoms with E-state index in [2.05, 4.69) is 19.9 Å². The van der Waals surface area contributed by atoms with Crippen molar-refractivity contribution < 1.29 is 9.59 Å². The van der Waals surface area contributed by atoms with E-state index < -0.39 is 0 Å². The Morgan fingerprint density at radius 3 is 2.67 bits per heavy atom. The molecule has 0 spiro atoms. The Bertz CT molecular complexity index is 534. The number of allylic oxidation sites excluding steroid dienone is 2. The quantitative estimate of drug-likeness (QED) is 0.676. The summed E-state index contributed by atoms with van der Waals surface area (Å²) in [5.74, 6) is 3.37. The van der Waals surface area contributed by atoms with E-state index in [-0.39, 0.29) is 10.8 Å². The molecule has 4 aliphatic rings. The van der Waals surface area contributed by atoms with Crippen LogP contribution in [-0.4, -0.2) is 11.6 Å². The van der Waals surface area contributed by atoms with Crippen LogP contribution in [0.25, 0.3) is 0 Å². The zero-order chi connectivity index (χ0) is 14.8. The minimum Gasteiger partial charge on any atom is -0.299 e. The van der Waals surface area contributed by atoms with Crippen LogP contribution in [0.4, 0.5) is 0 Å². The van der Waals surface area contributed by atoms with Gasteiger partial charge in [0.25, 0.3) is 0 Å². The molecule has 2 nitrogen and oxygen atoms in total. The highest BCUT2D eigenvalue weighted by atomic mass is 16.1. The van der Waals surface area contributed by atoms with Crippen molar-refractivity contribution >= 4 is 11.6 Å². The smallest absolute Gasteiger partial charge is 0.155 e. The average molecular weight is 286 g/mol. The highest BCUT2D eigenvalue weighted by molar-refractivity contribution is 5.91. The second kappa shape index (κ2) is 4.30. The Balaban J connectivity index is 1.70. The fourth-order valence-corrected chi connectivity index (χ4v) is 6.41. The summed E-state index contributed by atoms with van der Waals surface area (Å²) in [4.78, 5) is 24.1. The van der Waals surface area contributed by atoms with Crippen LogP contribution in [0.2, 0.25) is 0 Å². The number of carbonyl (C=O) groups excluding carboxylic acids is 2. The largest absolute Gasteiger partial charge is 0.299 e. The highest BCUT2D eigenvalue weighted by Gasteiger charge is 2.59. The van der Waals surface area contributed by atoms with Crippen molar-refractivity contribution in [2.75, 3.05) is 0 Å². The monoisotopic (exact) mass is 286 g/mol. The SMILES string of the molecule is CC12CCC3C(CC[C@H]4CC(=O)C=CC34C)C1CCC2=O. The van der Waals surface area contributed by atoms with Crippen LogP contribution in [-0.2, 0) is 9.59 Å². The van der Waals surface area contributed by atoms with Crippen molar-refractivity contribution in [1.29, 1.82) is 0 Å². The third kappa shape index (κ3) is 1.71. The Hall–Kier alpha value is -0.920. The molecule has 4 aliphatic carbocycles. The molecular weight excluding hydrogens is 260 g/mol. The predicted molar refractivity (Wildman–Crippen MR) is 81.6 cm³/mol. The average Bonchev–Trinajstić information content (AvgIpc) is 2.76. The minimum atomic E-state index is -0.0292. The molecule has 0 bridgehead atoms. The van der Waals surface area contributed by atoms with Gasteiger partial charge in [-0.1, -0.05) is 19.9 Å². The molecule has 21 heavy (non-hydrogen) atoms. The molecular formula is C19H26O2. The van der Waals surface area contributed by atoms with Gasteiger partial charge in [-0.05, 0) is 67.3 Å². The van der Waals surface area contributed by atoms with Gasteiger partial charge in [-0.25, -0.2) is 0 Å². The third-order valence-corrected chi connectivity index (χ3v) is 7.75. The van der Waals surface area contributed by atoms with Crippen LogP contribution < -0.4 is 0 Å². The van der Waals surface area contributed by atoms with Crippen molar-refractivity contribution in [3.05, 3.63) is 12.2 Å². The second-order valence-corrected chi connectivity index (χ2v) is 8.44. The number of carbonyl (C=O) groups is 2. The zero-order valence-corrected chi connectivity index (χ0v) is 13.2. The molecule has 0 aliphatic heterocycles. The molecule has 0 radical (unpaired) electrons. The molecule has 0 aromatic heterocycles. The van der Waals surface area contributed by atoms with Gasteiger partial charge in [-0.3, -0.25) is 9.59 Å². The molecule has 6 atom stereocenters. The number of rotatable bonds is 0. The van der Waals surface area contributed by atoms with Gasteiger partial charge in [-0.2, -0.15) is 0 Å². The number of Topliss-reactive ketones (excluding diaryl/α,β-unsaturated/α-hetero) is 1. The Kier molecular flexibility index (Phi) is 2.81. The van der Waals surface area contributed by atoms with Crippen molar-refractivity contribution in [3.63, 3.8) is 0 Å². The van der Waals surface area contributed by atoms with E-state index in [9.17, 15) is 9.59 Å². The van der Waals surface area contributed by atoms with Gasteiger partial charge in [0.1, 0.15) is 5.78 Å². The third-order valence-electron chi connectivity index (χ3n) is 7.75. The van der Waals surface area contributed by atoms with E-state index in [1.54, 1.807) is 0 Å². The van der Waals surface area contributed by atoms with Gasteiger partial charge in [0, 0.05) is 18.3 Å². The van der Waals surface area contributed by atoms with Crippen molar-refractivity contribution in [1.82, 2.24) is 0 Å². The zero-order valence-electron chi connectivity index (χ0n) is 13.2. The van der Waals surface area contributed by atoms with Crippen LogP contribution in [0.1, 0.15) is 58.8 Å². The number of ketones is 2. The molecule has 0 aromatic carbocycles. The lowest BCUT2D eigenvalue weighted by molar-refractivity contribution is -0.135. The lowest BCUT2D eigenvalue weighted by Gasteiger charge is -2.57. The van der Waals surface area contributed by atoms with Crippen LogP contribution in [0.3, 0.4) is 0 Å². The summed E-state index contributed by atoms with van der Waals surface area (Å²) in [5.41, 5.74) is 0.169. The summed E-state index contributed by atoms with van der Waals surface area (Å²) in [7, 11) is 0. The normalized spacial score (nSPS) is 52.3. The van der Waals surface area contributed by atoms with E-state index in [4.69, 9.17) is 0 Å². The maximum Gasteiger partial charge on any atom is 0.155 e. The van der Waals surface area contributed by atoms with Gasteiger partial charge in [0.05, 0.1) is 0 Å². The summed E-state index contributed by atoms with van der Waals surface area (Å²) < 4.78 is 0. The van der Waals surface area contributed by atoms with Crippen molar-refractivity contribution in [3.8, 4) is 0 Å². The van der Waals surface area contributed by atoms with Crippen molar-refractivity contribution in [2.24, 2.45) is 34.5 Å². The van der Waals surface area contributed by atoms with Gasteiger partial charge in [0.15, 0.2) is 5.78 Å². The lowest BCUT2D eigenvalue weighted by Crippen LogP contribution is -2.52. The van der Waals surface area contributed by atoms with E-state index >= 15 is 0 Å². The van der Waals surface area contributed by atoms with Crippen LogP contribution in [0.5, 0.6) is 0 Å². The molecule has 0 amide bonds.